The Hall–Kier alpha value is -2.03. The van der Waals surface area contributed by atoms with E-state index in [2.05, 4.69) is 14.9 Å². The quantitative estimate of drug-likeness (QED) is 0.696. The average Bonchev–Trinajstić information content (AvgIpc) is 3.03. The van der Waals surface area contributed by atoms with E-state index in [1.807, 2.05) is 35.4 Å². The van der Waals surface area contributed by atoms with Gasteiger partial charge in [-0.2, -0.15) is 0 Å². The molecule has 1 amide bonds. The number of carbonyl (C=O) groups is 1. The molecule has 2 aliphatic rings. The van der Waals surface area contributed by atoms with E-state index in [4.69, 9.17) is 17.3 Å². The topological polar surface area (TPSA) is 92.4 Å². The molecule has 7 nitrogen and oxygen atoms in total. The number of hydrogen-bond donors (Lipinski definition) is 2. The average molecular weight is 436 g/mol. The Labute approximate surface area is 176 Å². The number of thiol groups is 1. The minimum absolute atomic E-state index is 0.0365. The van der Waals surface area contributed by atoms with E-state index in [0.29, 0.717) is 49.1 Å². The van der Waals surface area contributed by atoms with Gasteiger partial charge in [-0.25, -0.2) is 9.97 Å². The standard InChI is InChI=1S/C20H26ClN5O2S/c1-29(28)11-16-18(12-29)23-13-24-19(16)25-6-8-26(9-7-25)20(27)17(22)10-14-2-4-15(21)5-3-14/h2-5,13,17,29H,6-12,22H2,1H3/t17-/m1/s1. The SMILES string of the molecule is C[SH]1(=O)Cc2ncnc(N3CCN(C(=O)[C@H](N)Cc4ccc(Cl)cc4)CC3)c2C1. The Kier molecular flexibility index (Phi) is 5.59. The minimum atomic E-state index is -2.20. The van der Waals surface area contributed by atoms with Gasteiger partial charge in [0.25, 0.3) is 0 Å². The summed E-state index contributed by atoms with van der Waals surface area (Å²) in [4.78, 5) is 25.6. The lowest BCUT2D eigenvalue weighted by Crippen LogP contribution is -2.54. The number of anilines is 1. The number of hydrogen-bond acceptors (Lipinski definition) is 6. The molecule has 0 bridgehead atoms. The summed E-state index contributed by atoms with van der Waals surface area (Å²) < 4.78 is 12.5. The molecule has 4 rings (SSSR count). The van der Waals surface area contributed by atoms with Gasteiger partial charge in [-0.15, -0.1) is 0 Å². The summed E-state index contributed by atoms with van der Waals surface area (Å²) in [6.07, 6.45) is 3.87. The van der Waals surface area contributed by atoms with E-state index in [1.165, 1.54) is 0 Å². The van der Waals surface area contributed by atoms with E-state index in [-0.39, 0.29) is 5.91 Å². The summed E-state index contributed by atoms with van der Waals surface area (Å²) in [6, 6.07) is 6.84. The first-order valence-electron chi connectivity index (χ1n) is 9.74. The second-order valence-corrected chi connectivity index (χ2v) is 11.6. The molecular weight excluding hydrogens is 410 g/mol. The van der Waals surface area contributed by atoms with Gasteiger partial charge in [0.2, 0.25) is 5.91 Å². The zero-order valence-corrected chi connectivity index (χ0v) is 18.1. The van der Waals surface area contributed by atoms with Gasteiger partial charge >= 0.3 is 0 Å². The smallest absolute Gasteiger partial charge is 0.239 e. The number of carbonyl (C=O) groups excluding carboxylic acids is 1. The van der Waals surface area contributed by atoms with Crippen LogP contribution in [0.5, 0.6) is 0 Å². The number of piperazine rings is 1. The molecule has 1 saturated heterocycles. The molecule has 1 atom stereocenters. The van der Waals surface area contributed by atoms with Crippen LogP contribution in [0.1, 0.15) is 16.8 Å². The number of halogens is 1. The van der Waals surface area contributed by atoms with Crippen LogP contribution in [-0.4, -0.2) is 63.5 Å². The second kappa shape index (κ2) is 8.01. The first-order chi connectivity index (χ1) is 13.8. The molecule has 9 heteroatoms. The van der Waals surface area contributed by atoms with Crippen LogP contribution in [-0.2, 0) is 32.7 Å². The van der Waals surface area contributed by atoms with E-state index >= 15 is 0 Å². The van der Waals surface area contributed by atoms with Crippen LogP contribution < -0.4 is 10.6 Å². The lowest BCUT2D eigenvalue weighted by molar-refractivity contribution is -0.132. The van der Waals surface area contributed by atoms with Gasteiger partial charge in [-0.1, -0.05) is 33.7 Å². The third-order valence-electron chi connectivity index (χ3n) is 5.57. The van der Waals surface area contributed by atoms with Gasteiger partial charge in [0.1, 0.15) is 12.1 Å². The number of benzene rings is 1. The maximum atomic E-state index is 12.8. The van der Waals surface area contributed by atoms with Gasteiger partial charge in [0, 0.05) is 48.3 Å². The molecule has 0 radical (unpaired) electrons. The predicted octanol–water partition coefficient (Wildman–Crippen LogP) is 1.01. The van der Waals surface area contributed by atoms with Crippen molar-refractivity contribution in [1.82, 2.24) is 14.9 Å². The van der Waals surface area contributed by atoms with Crippen molar-refractivity contribution < 1.29 is 9.00 Å². The summed E-state index contributed by atoms with van der Waals surface area (Å²) in [6.45, 7) is 2.54. The van der Waals surface area contributed by atoms with Crippen molar-refractivity contribution >= 4 is 33.3 Å². The Morgan fingerprint density at radius 1 is 1.17 bits per heavy atom. The summed E-state index contributed by atoms with van der Waals surface area (Å²) in [7, 11) is -2.20. The van der Waals surface area contributed by atoms with Gasteiger partial charge < -0.3 is 15.5 Å². The number of aromatic nitrogens is 2. The number of amides is 1. The molecule has 0 unspecified atom stereocenters. The number of nitrogens with two attached hydrogens (primary N) is 1. The zero-order chi connectivity index (χ0) is 20.6. The summed E-state index contributed by atoms with van der Waals surface area (Å²) in [5, 5.41) is 0.667. The molecule has 1 fully saturated rings. The largest absolute Gasteiger partial charge is 0.353 e. The number of rotatable bonds is 4. The maximum Gasteiger partial charge on any atom is 0.239 e. The lowest BCUT2D eigenvalue weighted by Gasteiger charge is -2.37. The molecule has 2 N–H and O–H groups in total. The summed E-state index contributed by atoms with van der Waals surface area (Å²) >= 11 is 5.91. The van der Waals surface area contributed by atoms with Gasteiger partial charge in [-0.3, -0.25) is 9.00 Å². The van der Waals surface area contributed by atoms with E-state index in [0.717, 1.165) is 22.6 Å². The van der Waals surface area contributed by atoms with Crippen LogP contribution in [0, 0.1) is 0 Å². The molecule has 156 valence electrons. The Bertz CT molecular complexity index is 960. The molecule has 0 spiro atoms. The van der Waals surface area contributed by atoms with Gasteiger partial charge in [0.05, 0.1) is 11.7 Å². The van der Waals surface area contributed by atoms with Crippen molar-refractivity contribution in [1.29, 1.82) is 0 Å². The van der Waals surface area contributed by atoms with Gasteiger partial charge in [0.15, 0.2) is 0 Å². The molecular formula is C20H26ClN5O2S. The molecule has 0 saturated carbocycles. The minimum Gasteiger partial charge on any atom is -0.353 e. The van der Waals surface area contributed by atoms with E-state index < -0.39 is 16.0 Å². The highest BCUT2D eigenvalue weighted by molar-refractivity contribution is 8.01. The van der Waals surface area contributed by atoms with Gasteiger partial charge in [-0.05, 0) is 30.4 Å². The first kappa shape index (κ1) is 20.3. The molecule has 1 aromatic carbocycles. The Morgan fingerprint density at radius 3 is 2.55 bits per heavy atom. The van der Waals surface area contributed by atoms with Crippen molar-refractivity contribution in [2.45, 2.75) is 24.0 Å². The molecule has 0 aliphatic carbocycles. The highest BCUT2D eigenvalue weighted by Crippen LogP contribution is 2.33. The van der Waals surface area contributed by atoms with Crippen LogP contribution in [0.3, 0.4) is 0 Å². The number of nitrogens with zero attached hydrogens (tertiary/aromatic N) is 4. The lowest BCUT2D eigenvalue weighted by atomic mass is 10.1. The molecule has 3 heterocycles. The van der Waals surface area contributed by atoms with Crippen molar-refractivity contribution in [2.24, 2.45) is 5.73 Å². The fraction of sp³-hybridized carbons (Fsp3) is 0.450. The summed E-state index contributed by atoms with van der Waals surface area (Å²) in [5.74, 6) is 1.94. The van der Waals surface area contributed by atoms with E-state index in [9.17, 15) is 9.00 Å². The second-order valence-electron chi connectivity index (χ2n) is 7.99. The predicted molar refractivity (Wildman–Crippen MR) is 117 cm³/mol. The first-order valence-corrected chi connectivity index (χ1v) is 12.6. The molecule has 2 aromatic rings. The zero-order valence-electron chi connectivity index (χ0n) is 16.4. The third-order valence-corrected chi connectivity index (χ3v) is 7.77. The molecule has 29 heavy (non-hydrogen) atoms. The Morgan fingerprint density at radius 2 is 1.86 bits per heavy atom. The van der Waals surface area contributed by atoms with E-state index in [1.54, 1.807) is 6.33 Å². The van der Waals surface area contributed by atoms with Crippen molar-refractivity contribution in [3.8, 4) is 0 Å². The van der Waals surface area contributed by atoms with Crippen molar-refractivity contribution in [3.63, 3.8) is 0 Å². The summed E-state index contributed by atoms with van der Waals surface area (Å²) in [5.41, 5.74) is 9.09. The van der Waals surface area contributed by atoms with Crippen molar-refractivity contribution in [3.05, 3.63) is 52.4 Å². The van der Waals surface area contributed by atoms with Crippen LogP contribution in [0.25, 0.3) is 0 Å². The molecule has 1 aromatic heterocycles. The highest BCUT2D eigenvalue weighted by atomic mass is 35.5. The highest BCUT2D eigenvalue weighted by Gasteiger charge is 2.31. The fourth-order valence-electron chi connectivity index (χ4n) is 4.05. The Balaban J connectivity index is 1.37. The maximum absolute atomic E-state index is 12.8. The van der Waals surface area contributed by atoms with Crippen LogP contribution in [0.15, 0.2) is 30.6 Å². The fourth-order valence-corrected chi connectivity index (χ4v) is 6.19. The third kappa shape index (κ3) is 4.44. The number of fused-ring (bicyclic) bond motifs is 1. The van der Waals surface area contributed by atoms with Crippen LogP contribution >= 0.6 is 11.6 Å². The molecule has 2 aliphatic heterocycles. The van der Waals surface area contributed by atoms with Crippen molar-refractivity contribution in [2.75, 3.05) is 37.3 Å². The van der Waals surface area contributed by atoms with Crippen LogP contribution in [0.2, 0.25) is 5.02 Å². The monoisotopic (exact) mass is 435 g/mol. The normalized spacial score (nSPS) is 20.2. The van der Waals surface area contributed by atoms with Crippen LogP contribution in [0.4, 0.5) is 5.82 Å².